The maximum absolute atomic E-state index is 13.3. The number of benzene rings is 1. The van der Waals surface area contributed by atoms with Crippen LogP contribution in [0.15, 0.2) is 29.3 Å². The van der Waals surface area contributed by atoms with Gasteiger partial charge in [0.2, 0.25) is 0 Å². The van der Waals surface area contributed by atoms with Gasteiger partial charge in [0.05, 0.1) is 0 Å². The van der Waals surface area contributed by atoms with Crippen molar-refractivity contribution in [1.29, 1.82) is 0 Å². The Bertz CT molecular complexity index is 369. The number of guanidine groups is 1. The van der Waals surface area contributed by atoms with E-state index in [4.69, 9.17) is 0 Å². The first-order valence-corrected chi connectivity index (χ1v) is 6.84. The Kier molecular flexibility index (Phi) is 6.47. The first kappa shape index (κ1) is 13.8. The lowest BCUT2D eigenvalue weighted by atomic mass is 10.2. The minimum Gasteiger partial charge on any atom is -0.356 e. The Morgan fingerprint density at radius 2 is 2.12 bits per heavy atom. The molecule has 1 rings (SSSR count). The first-order valence-electron chi connectivity index (χ1n) is 5.44. The fourth-order valence-corrected chi connectivity index (χ4v) is 1.62. The van der Waals surface area contributed by atoms with Gasteiger partial charge in [-0.1, -0.05) is 18.2 Å². The Morgan fingerprint density at radius 3 is 2.76 bits per heavy atom. The molecule has 2 N–H and O–H groups in total. The van der Waals surface area contributed by atoms with Gasteiger partial charge in [-0.05, 0) is 12.3 Å². The van der Waals surface area contributed by atoms with Gasteiger partial charge in [-0.15, -0.1) is 0 Å². The molecule has 0 saturated carbocycles. The molecule has 0 spiro atoms. The van der Waals surface area contributed by atoms with E-state index in [9.17, 15) is 4.39 Å². The van der Waals surface area contributed by atoms with E-state index < -0.39 is 0 Å². The molecule has 0 aliphatic carbocycles. The summed E-state index contributed by atoms with van der Waals surface area (Å²) in [6, 6.07) is 6.73. The Morgan fingerprint density at radius 1 is 1.35 bits per heavy atom. The van der Waals surface area contributed by atoms with E-state index >= 15 is 0 Å². The van der Waals surface area contributed by atoms with Gasteiger partial charge in [0.15, 0.2) is 5.96 Å². The molecule has 0 aliphatic rings. The minimum atomic E-state index is -0.195. The van der Waals surface area contributed by atoms with Crippen molar-refractivity contribution in [3.8, 4) is 0 Å². The predicted molar refractivity (Wildman–Crippen MR) is 73.0 cm³/mol. The van der Waals surface area contributed by atoms with E-state index in [1.807, 2.05) is 6.07 Å². The Hall–Kier alpha value is -1.23. The number of halogens is 1. The third kappa shape index (κ3) is 5.08. The Labute approximate surface area is 106 Å². The molecule has 5 heteroatoms. The van der Waals surface area contributed by atoms with E-state index in [1.165, 1.54) is 6.07 Å². The normalized spacial score (nSPS) is 11.4. The largest absolute Gasteiger partial charge is 0.356 e. The third-order valence-electron chi connectivity index (χ3n) is 2.23. The van der Waals surface area contributed by atoms with E-state index in [0.717, 1.165) is 12.3 Å². The predicted octanol–water partition coefficient (Wildman–Crippen LogP) is 1.85. The van der Waals surface area contributed by atoms with Crippen LogP contribution in [0, 0.1) is 5.82 Å². The van der Waals surface area contributed by atoms with Crippen LogP contribution in [0.5, 0.6) is 0 Å². The molecule has 0 unspecified atom stereocenters. The van der Waals surface area contributed by atoms with Crippen molar-refractivity contribution < 1.29 is 4.39 Å². The summed E-state index contributed by atoms with van der Waals surface area (Å²) >= 11 is 1.77. The number of rotatable bonds is 5. The fraction of sp³-hybridized carbons (Fsp3) is 0.417. The molecule has 0 aromatic heterocycles. The third-order valence-corrected chi connectivity index (χ3v) is 2.84. The molecule has 3 nitrogen and oxygen atoms in total. The number of hydrogen-bond acceptors (Lipinski definition) is 2. The van der Waals surface area contributed by atoms with Crippen LogP contribution in [0.4, 0.5) is 4.39 Å². The summed E-state index contributed by atoms with van der Waals surface area (Å²) in [5, 5.41) is 6.23. The standard InChI is InChI=1S/C12H18FN3S/c1-14-12(15-7-8-17-2)16-9-10-5-3-4-6-11(10)13/h3-6H,7-9H2,1-2H3,(H2,14,15,16). The van der Waals surface area contributed by atoms with Crippen molar-refractivity contribution in [2.45, 2.75) is 6.54 Å². The summed E-state index contributed by atoms with van der Waals surface area (Å²) in [5.41, 5.74) is 0.639. The topological polar surface area (TPSA) is 36.4 Å². The SMILES string of the molecule is CN=C(NCCSC)NCc1ccccc1F. The lowest BCUT2D eigenvalue weighted by Gasteiger charge is -2.11. The summed E-state index contributed by atoms with van der Waals surface area (Å²) in [6.07, 6.45) is 2.05. The van der Waals surface area contributed by atoms with Gasteiger partial charge in [-0.2, -0.15) is 11.8 Å². The molecule has 0 atom stereocenters. The molecule has 0 bridgehead atoms. The summed E-state index contributed by atoms with van der Waals surface area (Å²) < 4.78 is 13.3. The maximum Gasteiger partial charge on any atom is 0.191 e. The summed E-state index contributed by atoms with van der Waals surface area (Å²) in [6.45, 7) is 1.28. The highest BCUT2D eigenvalue weighted by atomic mass is 32.2. The number of nitrogens with one attached hydrogen (secondary N) is 2. The second-order valence-corrected chi connectivity index (χ2v) is 4.42. The highest BCUT2D eigenvalue weighted by molar-refractivity contribution is 7.98. The molecule has 94 valence electrons. The lowest BCUT2D eigenvalue weighted by molar-refractivity contribution is 0.605. The molecule has 17 heavy (non-hydrogen) atoms. The van der Waals surface area contributed by atoms with Crippen LogP contribution in [-0.4, -0.2) is 31.6 Å². The van der Waals surface area contributed by atoms with Crippen molar-refractivity contribution in [2.24, 2.45) is 4.99 Å². The highest BCUT2D eigenvalue weighted by Crippen LogP contribution is 2.05. The Balaban J connectivity index is 2.40. The second-order valence-electron chi connectivity index (χ2n) is 3.44. The zero-order chi connectivity index (χ0) is 12.5. The monoisotopic (exact) mass is 255 g/mol. The van der Waals surface area contributed by atoms with Crippen molar-refractivity contribution in [3.05, 3.63) is 35.6 Å². The molecule has 1 aromatic carbocycles. The van der Waals surface area contributed by atoms with Crippen LogP contribution in [0.3, 0.4) is 0 Å². The van der Waals surface area contributed by atoms with Crippen LogP contribution in [0.25, 0.3) is 0 Å². The van der Waals surface area contributed by atoms with E-state index in [1.54, 1.807) is 30.9 Å². The molecule has 0 saturated heterocycles. The minimum absolute atomic E-state index is 0.195. The van der Waals surface area contributed by atoms with Crippen LogP contribution < -0.4 is 10.6 Å². The molecule has 0 aliphatic heterocycles. The van der Waals surface area contributed by atoms with E-state index in [0.29, 0.717) is 18.1 Å². The van der Waals surface area contributed by atoms with Crippen LogP contribution in [0.2, 0.25) is 0 Å². The van der Waals surface area contributed by atoms with Crippen molar-refractivity contribution in [1.82, 2.24) is 10.6 Å². The maximum atomic E-state index is 13.3. The second kappa shape index (κ2) is 7.95. The first-order chi connectivity index (χ1) is 8.27. The summed E-state index contributed by atoms with van der Waals surface area (Å²) in [5.74, 6) is 1.52. The number of aliphatic imine (C=N–C) groups is 1. The lowest BCUT2D eigenvalue weighted by Crippen LogP contribution is -2.38. The quantitative estimate of drug-likeness (QED) is 0.479. The van der Waals surface area contributed by atoms with Gasteiger partial charge in [-0.25, -0.2) is 4.39 Å². The molecule has 0 fully saturated rings. The van der Waals surface area contributed by atoms with E-state index in [2.05, 4.69) is 21.9 Å². The molecular weight excluding hydrogens is 237 g/mol. The zero-order valence-electron chi connectivity index (χ0n) is 10.2. The van der Waals surface area contributed by atoms with Crippen LogP contribution >= 0.6 is 11.8 Å². The number of nitrogens with zero attached hydrogens (tertiary/aromatic N) is 1. The fourth-order valence-electron chi connectivity index (χ4n) is 1.31. The average Bonchev–Trinajstić information content (AvgIpc) is 2.35. The number of hydrogen-bond donors (Lipinski definition) is 2. The van der Waals surface area contributed by atoms with Crippen LogP contribution in [-0.2, 0) is 6.54 Å². The molecular formula is C12H18FN3S. The summed E-state index contributed by atoms with van der Waals surface area (Å²) in [4.78, 5) is 4.07. The number of thioether (sulfide) groups is 1. The average molecular weight is 255 g/mol. The van der Waals surface area contributed by atoms with Gasteiger partial charge in [0.25, 0.3) is 0 Å². The van der Waals surface area contributed by atoms with Crippen molar-refractivity contribution in [2.75, 3.05) is 25.6 Å². The van der Waals surface area contributed by atoms with Crippen molar-refractivity contribution in [3.63, 3.8) is 0 Å². The van der Waals surface area contributed by atoms with Gasteiger partial charge in [0.1, 0.15) is 5.82 Å². The highest BCUT2D eigenvalue weighted by Gasteiger charge is 2.01. The van der Waals surface area contributed by atoms with Crippen molar-refractivity contribution >= 4 is 17.7 Å². The smallest absolute Gasteiger partial charge is 0.191 e. The van der Waals surface area contributed by atoms with E-state index in [-0.39, 0.29) is 5.82 Å². The molecule has 1 aromatic rings. The molecule has 0 amide bonds. The zero-order valence-corrected chi connectivity index (χ0v) is 11.0. The van der Waals surface area contributed by atoms with Crippen LogP contribution in [0.1, 0.15) is 5.56 Å². The van der Waals surface area contributed by atoms with Gasteiger partial charge >= 0.3 is 0 Å². The molecule has 0 radical (unpaired) electrons. The summed E-state index contributed by atoms with van der Waals surface area (Å²) in [7, 11) is 1.70. The molecule has 0 heterocycles. The van der Waals surface area contributed by atoms with Gasteiger partial charge in [-0.3, -0.25) is 4.99 Å². The van der Waals surface area contributed by atoms with Gasteiger partial charge in [0, 0.05) is 31.5 Å². The van der Waals surface area contributed by atoms with Gasteiger partial charge < -0.3 is 10.6 Å².